The number of hydrogen-bond donors (Lipinski definition) is 1. The first-order valence-electron chi connectivity index (χ1n) is 7.98. The topological polar surface area (TPSA) is 119 Å². The van der Waals surface area contributed by atoms with E-state index in [2.05, 4.69) is 15.5 Å². The number of nitrogens with zero attached hydrogens (tertiary/aromatic N) is 4. The fourth-order valence-electron chi connectivity index (χ4n) is 2.55. The summed E-state index contributed by atoms with van der Waals surface area (Å²) >= 11 is 0. The van der Waals surface area contributed by atoms with E-state index >= 15 is 0 Å². The van der Waals surface area contributed by atoms with Crippen molar-refractivity contribution in [3.8, 4) is 0 Å². The van der Waals surface area contributed by atoms with Gasteiger partial charge in [-0.25, -0.2) is 10.4 Å². The van der Waals surface area contributed by atoms with Crippen molar-refractivity contribution in [1.82, 2.24) is 15.0 Å². The smallest absolute Gasteiger partial charge is 0.272 e. The molecule has 9 nitrogen and oxygen atoms in total. The van der Waals surface area contributed by atoms with E-state index in [1.807, 2.05) is 0 Å². The van der Waals surface area contributed by atoms with Crippen LogP contribution in [0.4, 0.5) is 5.69 Å². The Balaban J connectivity index is 1.76. The van der Waals surface area contributed by atoms with Crippen LogP contribution in [0.2, 0.25) is 0 Å². The van der Waals surface area contributed by atoms with E-state index in [-0.39, 0.29) is 17.8 Å². The number of hydrazone groups is 1. The second-order valence-electron chi connectivity index (χ2n) is 5.72. The molecule has 1 aromatic heterocycles. The number of aryl methyl sites for hydroxylation is 1. The number of non-ortho nitro benzene ring substituents is 1. The van der Waals surface area contributed by atoms with Crippen LogP contribution >= 0.6 is 0 Å². The zero-order chi connectivity index (χ0) is 19.4. The molecule has 1 N–H and O–H groups in total. The molecule has 0 unspecified atom stereocenters. The Morgan fingerprint density at radius 3 is 2.85 bits per heavy atom. The second kappa shape index (κ2) is 7.56. The average molecular weight is 365 g/mol. The summed E-state index contributed by atoms with van der Waals surface area (Å²) in [7, 11) is 0. The number of carbonyl (C=O) groups is 1. The van der Waals surface area contributed by atoms with E-state index in [0.29, 0.717) is 22.3 Å². The third kappa shape index (κ3) is 4.03. The fourth-order valence-corrected chi connectivity index (χ4v) is 2.55. The van der Waals surface area contributed by atoms with Crippen LogP contribution < -0.4 is 11.0 Å². The van der Waals surface area contributed by atoms with Gasteiger partial charge in [-0.05, 0) is 19.1 Å². The van der Waals surface area contributed by atoms with Gasteiger partial charge in [0.2, 0.25) is 0 Å². The van der Waals surface area contributed by atoms with E-state index in [1.54, 1.807) is 37.3 Å². The Morgan fingerprint density at radius 1 is 1.30 bits per heavy atom. The summed E-state index contributed by atoms with van der Waals surface area (Å²) in [6, 6.07) is 12.9. The number of carbonyl (C=O) groups excluding carboxylic acids is 1. The standard InChI is InChI=1S/C18H15N5O4/c1-12-18(25)22(16-8-3-2-7-15(16)20-12)11-17(24)21-19-10-13-5-4-6-14(9-13)23(26)27/h2-10H,11H2,1H3,(H,21,24)/b19-10-. The first kappa shape index (κ1) is 17.9. The summed E-state index contributed by atoms with van der Waals surface area (Å²) in [5, 5.41) is 14.6. The summed E-state index contributed by atoms with van der Waals surface area (Å²) in [5.74, 6) is -0.505. The predicted octanol–water partition coefficient (Wildman–Crippen LogP) is 1.76. The maximum atomic E-state index is 12.3. The van der Waals surface area contributed by atoms with Crippen LogP contribution in [0.5, 0.6) is 0 Å². The number of nitro benzene ring substituents is 1. The summed E-state index contributed by atoms with van der Waals surface area (Å²) in [6.07, 6.45) is 1.30. The average Bonchev–Trinajstić information content (AvgIpc) is 2.65. The summed E-state index contributed by atoms with van der Waals surface area (Å²) < 4.78 is 1.33. The van der Waals surface area contributed by atoms with Gasteiger partial charge in [0.1, 0.15) is 12.2 Å². The van der Waals surface area contributed by atoms with Crippen LogP contribution in [0.3, 0.4) is 0 Å². The number of amides is 1. The molecule has 0 aliphatic rings. The molecule has 0 saturated heterocycles. The van der Waals surface area contributed by atoms with Crippen LogP contribution in [0, 0.1) is 17.0 Å². The van der Waals surface area contributed by atoms with Crippen LogP contribution in [0.1, 0.15) is 11.3 Å². The molecular formula is C18H15N5O4. The number of fused-ring (bicyclic) bond motifs is 1. The second-order valence-corrected chi connectivity index (χ2v) is 5.72. The lowest BCUT2D eigenvalue weighted by atomic mass is 10.2. The Morgan fingerprint density at radius 2 is 2.07 bits per heavy atom. The molecule has 0 saturated carbocycles. The molecule has 136 valence electrons. The van der Waals surface area contributed by atoms with Crippen LogP contribution in [0.25, 0.3) is 11.0 Å². The molecule has 0 bridgehead atoms. The van der Waals surface area contributed by atoms with Gasteiger partial charge in [-0.2, -0.15) is 5.10 Å². The van der Waals surface area contributed by atoms with Gasteiger partial charge in [0.15, 0.2) is 0 Å². The van der Waals surface area contributed by atoms with E-state index in [1.165, 1.54) is 29.0 Å². The maximum absolute atomic E-state index is 12.3. The van der Waals surface area contributed by atoms with Crippen molar-refractivity contribution >= 4 is 28.8 Å². The summed E-state index contributed by atoms with van der Waals surface area (Å²) in [4.78, 5) is 39.0. The molecule has 0 atom stereocenters. The Bertz CT molecular complexity index is 1120. The number of aromatic nitrogens is 2. The molecule has 1 heterocycles. The van der Waals surface area contributed by atoms with Gasteiger partial charge >= 0.3 is 0 Å². The zero-order valence-electron chi connectivity index (χ0n) is 14.3. The predicted molar refractivity (Wildman–Crippen MR) is 99.6 cm³/mol. The van der Waals surface area contributed by atoms with Crippen molar-refractivity contribution in [3.05, 3.63) is 80.3 Å². The first-order valence-corrected chi connectivity index (χ1v) is 7.98. The van der Waals surface area contributed by atoms with Gasteiger partial charge in [0.05, 0.1) is 22.2 Å². The van der Waals surface area contributed by atoms with Crippen LogP contribution in [0.15, 0.2) is 58.4 Å². The minimum atomic E-state index is -0.515. The SMILES string of the molecule is Cc1nc2ccccc2n(CC(=O)N/N=C\c2cccc([N+](=O)[O-])c2)c1=O. The minimum Gasteiger partial charge on any atom is -0.296 e. The number of benzene rings is 2. The van der Waals surface area contributed by atoms with Crippen molar-refractivity contribution in [3.63, 3.8) is 0 Å². The molecule has 3 aromatic rings. The number of nitrogens with one attached hydrogen (secondary N) is 1. The zero-order valence-corrected chi connectivity index (χ0v) is 14.3. The molecule has 0 fully saturated rings. The van der Waals surface area contributed by atoms with Crippen LogP contribution in [-0.4, -0.2) is 26.6 Å². The van der Waals surface area contributed by atoms with E-state index in [0.717, 1.165) is 0 Å². The lowest BCUT2D eigenvalue weighted by Crippen LogP contribution is -2.31. The highest BCUT2D eigenvalue weighted by atomic mass is 16.6. The third-order valence-corrected chi connectivity index (χ3v) is 3.80. The van der Waals surface area contributed by atoms with Crippen molar-refractivity contribution < 1.29 is 9.72 Å². The molecule has 0 radical (unpaired) electrons. The van der Waals surface area contributed by atoms with E-state index in [9.17, 15) is 19.7 Å². The fraction of sp³-hybridized carbons (Fsp3) is 0.111. The monoisotopic (exact) mass is 365 g/mol. The Labute approximate surface area is 153 Å². The normalized spacial score (nSPS) is 11.0. The number of rotatable bonds is 5. The molecule has 27 heavy (non-hydrogen) atoms. The van der Waals surface area contributed by atoms with Gasteiger partial charge in [0.25, 0.3) is 17.2 Å². The highest BCUT2D eigenvalue weighted by Crippen LogP contribution is 2.11. The van der Waals surface area contributed by atoms with Gasteiger partial charge < -0.3 is 0 Å². The number of nitro groups is 1. The van der Waals surface area contributed by atoms with Gasteiger partial charge in [-0.1, -0.05) is 24.3 Å². The molecule has 9 heteroatoms. The van der Waals surface area contributed by atoms with E-state index in [4.69, 9.17) is 0 Å². The molecule has 0 aliphatic carbocycles. The molecule has 2 aromatic carbocycles. The van der Waals surface area contributed by atoms with Crippen molar-refractivity contribution in [2.24, 2.45) is 5.10 Å². The van der Waals surface area contributed by atoms with Gasteiger partial charge in [0, 0.05) is 17.7 Å². The van der Waals surface area contributed by atoms with Gasteiger partial charge in [-0.15, -0.1) is 0 Å². The number of hydrogen-bond acceptors (Lipinski definition) is 6. The van der Waals surface area contributed by atoms with Crippen molar-refractivity contribution in [2.45, 2.75) is 13.5 Å². The Kier molecular flexibility index (Phi) is 5.02. The molecule has 3 rings (SSSR count). The molecular weight excluding hydrogens is 350 g/mol. The third-order valence-electron chi connectivity index (χ3n) is 3.80. The first-order chi connectivity index (χ1) is 13.0. The van der Waals surface area contributed by atoms with Crippen LogP contribution in [-0.2, 0) is 11.3 Å². The lowest BCUT2D eigenvalue weighted by molar-refractivity contribution is -0.384. The largest absolute Gasteiger partial charge is 0.296 e. The highest BCUT2D eigenvalue weighted by molar-refractivity contribution is 5.84. The van der Waals surface area contributed by atoms with Crippen molar-refractivity contribution in [1.29, 1.82) is 0 Å². The summed E-state index contributed by atoms with van der Waals surface area (Å²) in [6.45, 7) is 1.36. The molecule has 0 aliphatic heterocycles. The quantitative estimate of drug-likeness (QED) is 0.420. The van der Waals surface area contributed by atoms with Gasteiger partial charge in [-0.3, -0.25) is 24.3 Å². The lowest BCUT2D eigenvalue weighted by Gasteiger charge is -2.09. The minimum absolute atomic E-state index is 0.0736. The van der Waals surface area contributed by atoms with E-state index < -0.39 is 10.8 Å². The maximum Gasteiger partial charge on any atom is 0.272 e. The molecule has 1 amide bonds. The Hall–Kier alpha value is -3.88. The highest BCUT2D eigenvalue weighted by Gasteiger charge is 2.11. The summed E-state index contributed by atoms with van der Waals surface area (Å²) in [5.41, 5.74) is 3.81. The van der Waals surface area contributed by atoms with Crippen molar-refractivity contribution in [2.75, 3.05) is 0 Å². The molecule has 0 spiro atoms. The number of para-hydroxylation sites is 2.